The van der Waals surface area contributed by atoms with Crippen LogP contribution in [-0.2, 0) is 10.0 Å². The number of halogens is 3. The van der Waals surface area contributed by atoms with Gasteiger partial charge in [-0.15, -0.1) is 0 Å². The Kier molecular flexibility index (Phi) is 3.45. The number of anilines is 1. The first-order chi connectivity index (χ1) is 9.09. The van der Waals surface area contributed by atoms with E-state index in [2.05, 4.69) is 4.98 Å². The summed E-state index contributed by atoms with van der Waals surface area (Å²) in [5, 5.41) is 0.773. The van der Waals surface area contributed by atoms with Crippen molar-refractivity contribution >= 4 is 26.6 Å². The normalized spacial score (nSPS) is 12.8. The molecule has 0 aliphatic rings. The lowest BCUT2D eigenvalue weighted by molar-refractivity contribution is -0.106. The first-order valence-electron chi connectivity index (χ1n) is 5.74. The highest BCUT2D eigenvalue weighted by atomic mass is 32.2. The molecule has 2 aromatic rings. The Morgan fingerprint density at radius 3 is 2.50 bits per heavy atom. The number of para-hydroxylation sites is 1. The smallest absolute Gasteiger partial charge is 0.357 e. The lowest BCUT2D eigenvalue weighted by atomic mass is 10.1. The Balaban J connectivity index is 2.42. The molecule has 1 aromatic carbocycles. The van der Waals surface area contributed by atoms with Crippen molar-refractivity contribution in [2.75, 3.05) is 10.5 Å². The van der Waals surface area contributed by atoms with E-state index in [1.807, 2.05) is 18.6 Å². The maximum absolute atomic E-state index is 12.2. The van der Waals surface area contributed by atoms with Gasteiger partial charge in [0.2, 0.25) is 10.0 Å². The molecular weight excluding hydrogens is 293 g/mol. The quantitative estimate of drug-likeness (QED) is 0.915. The first-order valence-corrected chi connectivity index (χ1v) is 7.39. The number of H-pyrrole nitrogens is 1. The second-order valence-corrected chi connectivity index (χ2v) is 6.30. The highest BCUT2D eigenvalue weighted by Crippen LogP contribution is 2.28. The molecule has 8 heteroatoms. The molecule has 0 aliphatic carbocycles. The van der Waals surface area contributed by atoms with E-state index in [0.29, 0.717) is 5.52 Å². The van der Waals surface area contributed by atoms with Crippen molar-refractivity contribution in [3.8, 4) is 0 Å². The van der Waals surface area contributed by atoms with E-state index in [9.17, 15) is 21.6 Å². The highest BCUT2D eigenvalue weighted by Gasteiger charge is 2.35. The standard InChI is InChI=1S/C12H13F3N2O2S/c1-7-8(2)16-11-9(7)4-3-5-10(11)17-20(18,19)6-12(13,14)15/h3-5,16-17H,6H2,1-2H3. The Morgan fingerprint density at radius 1 is 1.25 bits per heavy atom. The summed E-state index contributed by atoms with van der Waals surface area (Å²) < 4.78 is 61.6. The van der Waals surface area contributed by atoms with Crippen molar-refractivity contribution in [3.63, 3.8) is 0 Å². The number of hydrogen-bond acceptors (Lipinski definition) is 2. The minimum atomic E-state index is -4.78. The largest absolute Gasteiger partial charge is 0.404 e. The zero-order valence-electron chi connectivity index (χ0n) is 10.8. The van der Waals surface area contributed by atoms with Crippen molar-refractivity contribution in [2.24, 2.45) is 0 Å². The molecule has 0 saturated carbocycles. The average Bonchev–Trinajstić information content (AvgIpc) is 2.53. The van der Waals surface area contributed by atoms with Crippen molar-refractivity contribution in [1.82, 2.24) is 4.98 Å². The molecule has 110 valence electrons. The van der Waals surface area contributed by atoms with Gasteiger partial charge in [0, 0.05) is 11.1 Å². The summed E-state index contributed by atoms with van der Waals surface area (Å²) in [4.78, 5) is 2.97. The molecule has 0 radical (unpaired) electrons. The molecule has 4 nitrogen and oxygen atoms in total. The molecule has 0 aliphatic heterocycles. The molecule has 2 N–H and O–H groups in total. The van der Waals surface area contributed by atoms with Gasteiger partial charge in [0.05, 0.1) is 11.2 Å². The van der Waals surface area contributed by atoms with Crippen LogP contribution in [0.25, 0.3) is 10.9 Å². The van der Waals surface area contributed by atoms with E-state index < -0.39 is 22.0 Å². The monoisotopic (exact) mass is 306 g/mol. The molecule has 1 aromatic heterocycles. The molecule has 0 unspecified atom stereocenters. The fraction of sp³-hybridized carbons (Fsp3) is 0.333. The molecule has 0 fully saturated rings. The number of sulfonamides is 1. The maximum atomic E-state index is 12.2. The van der Waals surface area contributed by atoms with Crippen LogP contribution in [0.5, 0.6) is 0 Å². The van der Waals surface area contributed by atoms with Crippen LogP contribution in [0, 0.1) is 13.8 Å². The van der Waals surface area contributed by atoms with Crippen LogP contribution < -0.4 is 4.72 Å². The van der Waals surface area contributed by atoms with Crippen LogP contribution in [0.3, 0.4) is 0 Å². The number of nitrogens with one attached hydrogen (secondary N) is 2. The molecule has 0 saturated heterocycles. The van der Waals surface area contributed by atoms with Gasteiger partial charge in [-0.2, -0.15) is 13.2 Å². The van der Waals surface area contributed by atoms with Crippen LogP contribution in [0.15, 0.2) is 18.2 Å². The third-order valence-corrected chi connectivity index (χ3v) is 4.20. The summed E-state index contributed by atoms with van der Waals surface area (Å²) in [7, 11) is -4.48. The molecule has 20 heavy (non-hydrogen) atoms. The number of hydrogen-bond donors (Lipinski definition) is 2. The van der Waals surface area contributed by atoms with Gasteiger partial charge in [0.25, 0.3) is 0 Å². The summed E-state index contributed by atoms with van der Waals surface area (Å²) in [6.07, 6.45) is -4.78. The minimum absolute atomic E-state index is 0.114. The molecule has 0 atom stereocenters. The second-order valence-electron chi connectivity index (χ2n) is 4.58. The highest BCUT2D eigenvalue weighted by molar-refractivity contribution is 7.92. The molecule has 1 heterocycles. The average molecular weight is 306 g/mol. The Hall–Kier alpha value is -1.70. The van der Waals surface area contributed by atoms with Crippen LogP contribution in [0.1, 0.15) is 11.3 Å². The Labute approximate surface area is 114 Å². The van der Waals surface area contributed by atoms with Crippen molar-refractivity contribution in [3.05, 3.63) is 29.5 Å². The van der Waals surface area contributed by atoms with E-state index in [0.717, 1.165) is 16.6 Å². The number of rotatable bonds is 3. The van der Waals surface area contributed by atoms with E-state index in [1.54, 1.807) is 12.1 Å². The third-order valence-electron chi connectivity index (χ3n) is 2.96. The predicted octanol–water partition coefficient (Wildman–Crippen LogP) is 3.09. The van der Waals surface area contributed by atoms with Crippen LogP contribution in [-0.4, -0.2) is 25.3 Å². The minimum Gasteiger partial charge on any atom is -0.357 e. The van der Waals surface area contributed by atoms with Crippen LogP contribution >= 0.6 is 0 Å². The molecular formula is C12H13F3N2O2S. The van der Waals surface area contributed by atoms with E-state index in [4.69, 9.17) is 0 Å². The summed E-state index contributed by atoms with van der Waals surface area (Å²) in [5.41, 5.74) is 2.36. The summed E-state index contributed by atoms with van der Waals surface area (Å²) in [6, 6.07) is 4.79. The topological polar surface area (TPSA) is 62.0 Å². The lowest BCUT2D eigenvalue weighted by Gasteiger charge is -2.11. The Morgan fingerprint density at radius 2 is 1.90 bits per heavy atom. The summed E-state index contributed by atoms with van der Waals surface area (Å²) in [6.45, 7) is 3.66. The van der Waals surface area contributed by atoms with Gasteiger partial charge in [-0.3, -0.25) is 4.72 Å². The zero-order chi connectivity index (χ0) is 15.1. The number of fused-ring (bicyclic) bond motifs is 1. The molecule has 0 spiro atoms. The number of alkyl halides is 3. The van der Waals surface area contributed by atoms with E-state index in [1.165, 1.54) is 6.07 Å². The second kappa shape index (κ2) is 4.69. The first kappa shape index (κ1) is 14.7. The maximum Gasteiger partial charge on any atom is 0.404 e. The van der Waals surface area contributed by atoms with E-state index in [-0.39, 0.29) is 5.69 Å². The van der Waals surface area contributed by atoms with Crippen LogP contribution in [0.2, 0.25) is 0 Å². The molecule has 2 rings (SSSR count). The van der Waals surface area contributed by atoms with Gasteiger partial charge in [-0.1, -0.05) is 12.1 Å². The van der Waals surface area contributed by atoms with Crippen molar-refractivity contribution in [1.29, 1.82) is 0 Å². The van der Waals surface area contributed by atoms with Gasteiger partial charge < -0.3 is 4.98 Å². The number of aryl methyl sites for hydroxylation is 2. The number of benzene rings is 1. The van der Waals surface area contributed by atoms with E-state index >= 15 is 0 Å². The zero-order valence-corrected chi connectivity index (χ0v) is 11.6. The fourth-order valence-electron chi connectivity index (χ4n) is 1.99. The van der Waals surface area contributed by atoms with Gasteiger partial charge in [-0.25, -0.2) is 8.42 Å². The molecule has 0 amide bonds. The van der Waals surface area contributed by atoms with Crippen LogP contribution in [0.4, 0.5) is 18.9 Å². The number of aromatic nitrogens is 1. The van der Waals surface area contributed by atoms with Gasteiger partial charge in [0.1, 0.15) is 0 Å². The fourth-order valence-corrected chi connectivity index (χ4v) is 3.00. The third kappa shape index (κ3) is 3.06. The Bertz CT molecular complexity index is 748. The van der Waals surface area contributed by atoms with Gasteiger partial charge >= 0.3 is 6.18 Å². The molecule has 0 bridgehead atoms. The van der Waals surface area contributed by atoms with Crippen molar-refractivity contribution < 1.29 is 21.6 Å². The summed E-state index contributed by atoms with van der Waals surface area (Å²) >= 11 is 0. The summed E-state index contributed by atoms with van der Waals surface area (Å²) in [5.74, 6) is -1.91. The van der Waals surface area contributed by atoms with Gasteiger partial charge in [0.15, 0.2) is 5.75 Å². The predicted molar refractivity (Wildman–Crippen MR) is 71.2 cm³/mol. The van der Waals surface area contributed by atoms with Gasteiger partial charge in [-0.05, 0) is 25.5 Å². The lowest BCUT2D eigenvalue weighted by Crippen LogP contribution is -2.27. The van der Waals surface area contributed by atoms with Crippen molar-refractivity contribution in [2.45, 2.75) is 20.0 Å². The SMILES string of the molecule is Cc1[nH]c2c(NS(=O)(=O)CC(F)(F)F)cccc2c1C. The number of aromatic amines is 1.